The number of thiophene rings is 2. The van der Waals surface area contributed by atoms with E-state index in [1.807, 2.05) is 18.2 Å². The molecular weight excluding hydrogens is 342 g/mol. The standard InChI is InChI=1S/C18H17NO3S2/c20-17(19-11-7-5-10(6-8-11)18(21)22)15-9-14-16(24-15)12-3-1-2-4-13(12)23-14/h1-4,9-11H,5-8H2,(H,19,20)(H,21,22). The molecule has 4 rings (SSSR count). The third kappa shape index (κ3) is 2.80. The number of carbonyl (C=O) groups excluding carboxylic acids is 1. The third-order valence-corrected chi connectivity index (χ3v) is 7.10. The Morgan fingerprint density at radius 3 is 2.54 bits per heavy atom. The van der Waals surface area contributed by atoms with Crippen LogP contribution in [-0.2, 0) is 4.79 Å². The molecule has 0 saturated heterocycles. The van der Waals surface area contributed by atoms with E-state index in [-0.39, 0.29) is 17.9 Å². The van der Waals surface area contributed by atoms with E-state index in [0.29, 0.717) is 12.8 Å². The van der Waals surface area contributed by atoms with Crippen molar-refractivity contribution < 1.29 is 14.7 Å². The second-order valence-corrected chi connectivity index (χ2v) is 8.40. The molecule has 1 saturated carbocycles. The first-order valence-corrected chi connectivity index (χ1v) is 9.70. The van der Waals surface area contributed by atoms with E-state index in [9.17, 15) is 9.59 Å². The molecule has 3 aromatic rings. The van der Waals surface area contributed by atoms with E-state index in [1.165, 1.54) is 26.1 Å². The molecule has 0 spiro atoms. The highest BCUT2D eigenvalue weighted by molar-refractivity contribution is 7.33. The molecule has 0 unspecified atom stereocenters. The van der Waals surface area contributed by atoms with Gasteiger partial charge in [0.1, 0.15) is 0 Å². The summed E-state index contributed by atoms with van der Waals surface area (Å²) < 4.78 is 3.58. The van der Waals surface area contributed by atoms with E-state index in [2.05, 4.69) is 17.4 Å². The van der Waals surface area contributed by atoms with Crippen LogP contribution in [0.5, 0.6) is 0 Å². The summed E-state index contributed by atoms with van der Waals surface area (Å²) >= 11 is 3.25. The van der Waals surface area contributed by atoms with Gasteiger partial charge in [0, 0.05) is 20.8 Å². The highest BCUT2D eigenvalue weighted by atomic mass is 32.1. The number of rotatable bonds is 3. The minimum absolute atomic E-state index is 0.0359. The van der Waals surface area contributed by atoms with E-state index >= 15 is 0 Å². The van der Waals surface area contributed by atoms with Crippen LogP contribution in [0, 0.1) is 5.92 Å². The lowest BCUT2D eigenvalue weighted by molar-refractivity contribution is -0.142. The van der Waals surface area contributed by atoms with Crippen LogP contribution < -0.4 is 5.32 Å². The maximum Gasteiger partial charge on any atom is 0.306 e. The summed E-state index contributed by atoms with van der Waals surface area (Å²) in [6, 6.07) is 10.3. The van der Waals surface area contributed by atoms with Gasteiger partial charge in [-0.25, -0.2) is 0 Å². The summed E-state index contributed by atoms with van der Waals surface area (Å²) in [6.45, 7) is 0. The zero-order valence-corrected chi connectivity index (χ0v) is 14.6. The Hall–Kier alpha value is -1.92. The Labute approximate surface area is 147 Å². The van der Waals surface area contributed by atoms with Crippen LogP contribution in [0.15, 0.2) is 30.3 Å². The molecule has 0 atom stereocenters. The van der Waals surface area contributed by atoms with Crippen molar-refractivity contribution in [3.8, 4) is 0 Å². The highest BCUT2D eigenvalue weighted by Crippen LogP contribution is 2.39. The molecule has 6 heteroatoms. The summed E-state index contributed by atoms with van der Waals surface area (Å²) in [7, 11) is 0. The molecule has 124 valence electrons. The number of carboxylic acid groups (broad SMARTS) is 1. The Bertz CT molecular complexity index is 919. The van der Waals surface area contributed by atoms with Gasteiger partial charge in [-0.15, -0.1) is 22.7 Å². The van der Waals surface area contributed by atoms with Crippen molar-refractivity contribution >= 4 is 54.0 Å². The number of benzene rings is 1. The normalized spacial score (nSPS) is 21.2. The van der Waals surface area contributed by atoms with Gasteiger partial charge < -0.3 is 10.4 Å². The molecule has 2 N–H and O–H groups in total. The number of aliphatic carboxylic acids is 1. The number of fused-ring (bicyclic) bond motifs is 3. The molecule has 0 radical (unpaired) electrons. The molecule has 1 aliphatic rings. The Kier molecular flexibility index (Phi) is 4.02. The fourth-order valence-corrected chi connectivity index (χ4v) is 5.78. The fourth-order valence-electron chi connectivity index (χ4n) is 3.35. The predicted molar refractivity (Wildman–Crippen MR) is 98.1 cm³/mol. The summed E-state index contributed by atoms with van der Waals surface area (Å²) in [5.41, 5.74) is 0. The number of amides is 1. The van der Waals surface area contributed by atoms with Crippen LogP contribution in [-0.4, -0.2) is 23.0 Å². The molecule has 1 fully saturated rings. The minimum atomic E-state index is -0.717. The molecule has 1 amide bonds. The van der Waals surface area contributed by atoms with Gasteiger partial charge in [0.05, 0.1) is 15.5 Å². The van der Waals surface area contributed by atoms with Crippen molar-refractivity contribution in [2.45, 2.75) is 31.7 Å². The van der Waals surface area contributed by atoms with Gasteiger partial charge >= 0.3 is 5.97 Å². The van der Waals surface area contributed by atoms with E-state index in [1.54, 1.807) is 11.3 Å². The first-order valence-electron chi connectivity index (χ1n) is 8.06. The van der Waals surface area contributed by atoms with Gasteiger partial charge in [-0.3, -0.25) is 9.59 Å². The number of carbonyl (C=O) groups is 2. The lowest BCUT2D eigenvalue weighted by Gasteiger charge is -2.26. The van der Waals surface area contributed by atoms with Crippen molar-refractivity contribution in [1.29, 1.82) is 0 Å². The predicted octanol–water partition coefficient (Wildman–Crippen LogP) is 4.49. The van der Waals surface area contributed by atoms with Gasteiger partial charge in [0.2, 0.25) is 0 Å². The van der Waals surface area contributed by atoms with Crippen molar-refractivity contribution in [2.24, 2.45) is 5.92 Å². The van der Waals surface area contributed by atoms with Gasteiger partial charge in [0.15, 0.2) is 0 Å². The second kappa shape index (κ2) is 6.18. The van der Waals surface area contributed by atoms with Gasteiger partial charge in [-0.1, -0.05) is 18.2 Å². The highest BCUT2D eigenvalue weighted by Gasteiger charge is 2.27. The average molecular weight is 359 g/mol. The van der Waals surface area contributed by atoms with Crippen molar-refractivity contribution in [2.75, 3.05) is 0 Å². The average Bonchev–Trinajstić information content (AvgIpc) is 3.13. The Balaban J connectivity index is 1.49. The lowest BCUT2D eigenvalue weighted by Crippen LogP contribution is -2.38. The molecule has 0 bridgehead atoms. The molecule has 24 heavy (non-hydrogen) atoms. The van der Waals surface area contributed by atoms with Crippen molar-refractivity contribution in [1.82, 2.24) is 5.32 Å². The molecule has 2 aromatic heterocycles. The Morgan fingerprint density at radius 1 is 1.04 bits per heavy atom. The topological polar surface area (TPSA) is 66.4 Å². The van der Waals surface area contributed by atoms with Crippen LogP contribution in [0.3, 0.4) is 0 Å². The zero-order valence-electron chi connectivity index (χ0n) is 13.0. The van der Waals surface area contributed by atoms with Crippen LogP contribution >= 0.6 is 22.7 Å². The van der Waals surface area contributed by atoms with Crippen LogP contribution in [0.2, 0.25) is 0 Å². The summed E-state index contributed by atoms with van der Waals surface area (Å²) in [6.07, 6.45) is 2.77. The molecule has 1 aliphatic carbocycles. The number of hydrogen-bond acceptors (Lipinski definition) is 4. The van der Waals surface area contributed by atoms with Crippen molar-refractivity contribution in [3.05, 3.63) is 35.2 Å². The molecule has 2 heterocycles. The first-order chi connectivity index (χ1) is 11.6. The van der Waals surface area contributed by atoms with Crippen molar-refractivity contribution in [3.63, 3.8) is 0 Å². The molecule has 0 aliphatic heterocycles. The SMILES string of the molecule is O=C(NC1CCC(C(=O)O)CC1)c1cc2sc3ccccc3c2s1. The van der Waals surface area contributed by atoms with Gasteiger partial charge in [-0.05, 0) is 37.8 Å². The van der Waals surface area contributed by atoms with E-state index in [4.69, 9.17) is 5.11 Å². The fraction of sp³-hybridized carbons (Fsp3) is 0.333. The second-order valence-electron chi connectivity index (χ2n) is 6.26. The first kappa shape index (κ1) is 15.6. The molecule has 4 nitrogen and oxygen atoms in total. The number of hydrogen-bond donors (Lipinski definition) is 2. The van der Waals surface area contributed by atoms with Crippen LogP contribution in [0.1, 0.15) is 35.4 Å². The quantitative estimate of drug-likeness (QED) is 0.724. The maximum atomic E-state index is 12.5. The largest absolute Gasteiger partial charge is 0.481 e. The smallest absolute Gasteiger partial charge is 0.306 e. The molecule has 1 aromatic carbocycles. The maximum absolute atomic E-state index is 12.5. The molecular formula is C18H17NO3S2. The van der Waals surface area contributed by atoms with Gasteiger partial charge in [-0.2, -0.15) is 0 Å². The summed E-state index contributed by atoms with van der Waals surface area (Å²) in [5.74, 6) is -1.01. The van der Waals surface area contributed by atoms with Crippen LogP contribution in [0.4, 0.5) is 0 Å². The van der Waals surface area contributed by atoms with E-state index in [0.717, 1.165) is 22.4 Å². The minimum Gasteiger partial charge on any atom is -0.481 e. The number of carboxylic acids is 1. The zero-order chi connectivity index (χ0) is 16.7. The van der Waals surface area contributed by atoms with Gasteiger partial charge in [0.25, 0.3) is 5.91 Å². The summed E-state index contributed by atoms with van der Waals surface area (Å²) in [5, 5.41) is 13.3. The van der Waals surface area contributed by atoms with Crippen LogP contribution in [0.25, 0.3) is 19.5 Å². The van der Waals surface area contributed by atoms with E-state index < -0.39 is 5.97 Å². The third-order valence-electron chi connectivity index (χ3n) is 4.69. The monoisotopic (exact) mass is 359 g/mol. The lowest BCUT2D eigenvalue weighted by atomic mass is 9.86. The summed E-state index contributed by atoms with van der Waals surface area (Å²) in [4.78, 5) is 24.3. The Morgan fingerprint density at radius 2 is 1.79 bits per heavy atom. The number of nitrogens with one attached hydrogen (secondary N) is 1.